The van der Waals surface area contributed by atoms with Gasteiger partial charge in [-0.1, -0.05) is 47.1 Å². The fourth-order valence-electron chi connectivity index (χ4n) is 10.7. The van der Waals surface area contributed by atoms with Crippen molar-refractivity contribution in [3.63, 3.8) is 0 Å². The standard InChI is InChI=1S/C31H51N3O3/c1-26(2)22-9-12-31(7)24(29(22,5)11-10-23(26)32)21(35)17-19-20-18-28(4,33-25(36)34(8)37)15-13-27(20,3)14-16-30(19,31)6/h17,20,22-24,37H,9-16,18,32H2,1-8H3,(H,33,36)/t20-,22-,23-,24+,27+,28-,29-,30+,31+/m0/s1. The van der Waals surface area contributed by atoms with Gasteiger partial charge in [0.15, 0.2) is 5.78 Å². The number of nitrogens with two attached hydrogens (primary N) is 1. The summed E-state index contributed by atoms with van der Waals surface area (Å²) in [7, 11) is 1.36. The van der Waals surface area contributed by atoms with Crippen molar-refractivity contribution in [2.75, 3.05) is 7.05 Å². The van der Waals surface area contributed by atoms with Crippen LogP contribution in [0.1, 0.15) is 106 Å². The fraction of sp³-hybridized carbons (Fsp3) is 0.871. The molecule has 5 aliphatic rings. The molecule has 5 rings (SSSR count). The van der Waals surface area contributed by atoms with E-state index < -0.39 is 11.6 Å². The van der Waals surface area contributed by atoms with Crippen molar-refractivity contribution >= 4 is 11.8 Å². The van der Waals surface area contributed by atoms with Crippen LogP contribution in [0, 0.1) is 44.8 Å². The number of nitrogens with zero attached hydrogens (tertiary/aromatic N) is 1. The minimum absolute atomic E-state index is 0.0290. The molecule has 0 aromatic heterocycles. The molecule has 2 amide bonds. The summed E-state index contributed by atoms with van der Waals surface area (Å²) in [5, 5.41) is 13.4. The number of carbonyl (C=O) groups is 2. The molecule has 0 bridgehead atoms. The summed E-state index contributed by atoms with van der Waals surface area (Å²) < 4.78 is 0. The van der Waals surface area contributed by atoms with Crippen molar-refractivity contribution in [1.29, 1.82) is 0 Å². The summed E-state index contributed by atoms with van der Waals surface area (Å²) in [4.78, 5) is 26.8. The Morgan fingerprint density at radius 2 is 1.65 bits per heavy atom. The van der Waals surface area contributed by atoms with E-state index in [2.05, 4.69) is 59.9 Å². The van der Waals surface area contributed by atoms with Crippen LogP contribution in [0.5, 0.6) is 0 Å². The highest BCUT2D eigenvalue weighted by atomic mass is 16.5. The quantitative estimate of drug-likeness (QED) is 0.293. The summed E-state index contributed by atoms with van der Waals surface area (Å²) in [6.07, 6.45) is 11.3. The number of rotatable bonds is 1. The summed E-state index contributed by atoms with van der Waals surface area (Å²) >= 11 is 0. The van der Waals surface area contributed by atoms with E-state index in [1.165, 1.54) is 12.6 Å². The van der Waals surface area contributed by atoms with Crippen LogP contribution in [-0.4, -0.2) is 40.7 Å². The lowest BCUT2D eigenvalue weighted by atomic mass is 9.33. The van der Waals surface area contributed by atoms with E-state index in [9.17, 15) is 14.8 Å². The molecule has 208 valence electrons. The van der Waals surface area contributed by atoms with Gasteiger partial charge in [-0.25, -0.2) is 9.86 Å². The van der Waals surface area contributed by atoms with Crippen LogP contribution in [0.2, 0.25) is 0 Å². The number of ketones is 1. The molecule has 9 atom stereocenters. The third-order valence-corrected chi connectivity index (χ3v) is 13.4. The van der Waals surface area contributed by atoms with E-state index in [0.29, 0.717) is 16.8 Å². The highest BCUT2D eigenvalue weighted by Gasteiger charge is 2.69. The summed E-state index contributed by atoms with van der Waals surface area (Å²) in [5.74, 6) is 1.07. The van der Waals surface area contributed by atoms with E-state index in [0.717, 1.165) is 57.8 Å². The predicted octanol–water partition coefficient (Wildman–Crippen LogP) is 6.08. The molecule has 0 aromatic rings. The Morgan fingerprint density at radius 3 is 2.30 bits per heavy atom. The second-order valence-electron chi connectivity index (χ2n) is 15.7. The molecule has 6 heteroatoms. The SMILES string of the molecule is CN(O)C(=O)N[C@@]1(C)CC[C@]2(C)CC[C@]3(C)C(=CC(=O)[C@@H]4[C@@]5(C)CC[C@H](N)C(C)(C)[C@@H]5CC[C@]43C)[C@@H]2C1. The molecule has 0 unspecified atom stereocenters. The number of carbonyl (C=O) groups excluding carboxylic acids is 2. The van der Waals surface area contributed by atoms with E-state index in [4.69, 9.17) is 5.73 Å². The lowest BCUT2D eigenvalue weighted by Gasteiger charge is -2.70. The predicted molar refractivity (Wildman–Crippen MR) is 146 cm³/mol. The number of nitrogens with one attached hydrogen (secondary N) is 1. The van der Waals surface area contributed by atoms with Gasteiger partial charge in [-0.2, -0.15) is 0 Å². The third-order valence-electron chi connectivity index (χ3n) is 13.4. The first-order valence-corrected chi connectivity index (χ1v) is 14.7. The Bertz CT molecular complexity index is 1040. The van der Waals surface area contributed by atoms with Crippen LogP contribution >= 0.6 is 0 Å². The van der Waals surface area contributed by atoms with Gasteiger partial charge in [0.1, 0.15) is 0 Å². The normalized spacial score (nSPS) is 50.5. The number of fused-ring (bicyclic) bond motifs is 7. The molecule has 0 aliphatic heterocycles. The zero-order chi connectivity index (χ0) is 27.4. The summed E-state index contributed by atoms with van der Waals surface area (Å²) in [6.45, 7) is 16.5. The Morgan fingerprint density at radius 1 is 1.00 bits per heavy atom. The lowest BCUT2D eigenvalue weighted by Crippen LogP contribution is -2.67. The van der Waals surface area contributed by atoms with Crippen molar-refractivity contribution in [2.45, 2.75) is 118 Å². The van der Waals surface area contributed by atoms with Gasteiger partial charge >= 0.3 is 6.03 Å². The van der Waals surface area contributed by atoms with Crippen molar-refractivity contribution in [3.8, 4) is 0 Å². The molecule has 5 aliphatic carbocycles. The molecule has 6 nitrogen and oxygen atoms in total. The highest BCUT2D eigenvalue weighted by Crippen LogP contribution is 2.74. The molecule has 0 aromatic carbocycles. The van der Waals surface area contributed by atoms with Gasteiger partial charge in [0, 0.05) is 24.5 Å². The third kappa shape index (κ3) is 3.56. The second-order valence-corrected chi connectivity index (χ2v) is 15.7. The number of hydroxylamine groups is 2. The number of hydrogen-bond donors (Lipinski definition) is 3. The highest BCUT2D eigenvalue weighted by molar-refractivity contribution is 5.95. The Kier molecular flexibility index (Phi) is 5.92. The Hall–Kier alpha value is -1.40. The van der Waals surface area contributed by atoms with Crippen molar-refractivity contribution in [3.05, 3.63) is 11.6 Å². The maximum absolute atomic E-state index is 14.4. The van der Waals surface area contributed by atoms with Gasteiger partial charge in [0.25, 0.3) is 0 Å². The Labute approximate surface area is 224 Å². The number of urea groups is 1. The maximum atomic E-state index is 14.4. The molecule has 0 radical (unpaired) electrons. The van der Waals surface area contributed by atoms with E-state index in [1.54, 1.807) is 0 Å². The number of hydrogen-bond acceptors (Lipinski definition) is 4. The largest absolute Gasteiger partial charge is 0.341 e. The first kappa shape index (κ1) is 27.2. The molecule has 37 heavy (non-hydrogen) atoms. The molecule has 0 spiro atoms. The van der Waals surface area contributed by atoms with E-state index >= 15 is 0 Å². The van der Waals surface area contributed by atoms with Gasteiger partial charge in [-0.05, 0) is 110 Å². The monoisotopic (exact) mass is 513 g/mol. The minimum Gasteiger partial charge on any atom is -0.331 e. The molecular weight excluding hydrogens is 462 g/mol. The van der Waals surface area contributed by atoms with Gasteiger partial charge in [0.05, 0.1) is 0 Å². The van der Waals surface area contributed by atoms with Gasteiger partial charge < -0.3 is 11.1 Å². The van der Waals surface area contributed by atoms with Crippen LogP contribution in [0.4, 0.5) is 4.79 Å². The van der Waals surface area contributed by atoms with Crippen LogP contribution in [-0.2, 0) is 4.79 Å². The zero-order valence-corrected chi connectivity index (χ0v) is 24.5. The number of allylic oxidation sites excluding steroid dienone is 2. The lowest BCUT2D eigenvalue weighted by molar-refractivity contribution is -0.186. The van der Waals surface area contributed by atoms with Crippen molar-refractivity contribution in [1.82, 2.24) is 10.4 Å². The maximum Gasteiger partial charge on any atom is 0.341 e. The first-order chi connectivity index (χ1) is 16.9. The topological polar surface area (TPSA) is 95.7 Å². The van der Waals surface area contributed by atoms with E-state index in [-0.39, 0.29) is 45.0 Å². The number of amides is 2. The fourth-order valence-corrected chi connectivity index (χ4v) is 10.7. The molecule has 4 saturated carbocycles. The van der Waals surface area contributed by atoms with Crippen LogP contribution in [0.15, 0.2) is 11.6 Å². The smallest absolute Gasteiger partial charge is 0.331 e. The van der Waals surface area contributed by atoms with Gasteiger partial charge in [-0.15, -0.1) is 0 Å². The first-order valence-electron chi connectivity index (χ1n) is 14.7. The summed E-state index contributed by atoms with van der Waals surface area (Å²) in [6, 6.07) is -0.270. The van der Waals surface area contributed by atoms with Crippen LogP contribution < -0.4 is 11.1 Å². The van der Waals surface area contributed by atoms with Crippen LogP contribution in [0.25, 0.3) is 0 Å². The van der Waals surface area contributed by atoms with Crippen molar-refractivity contribution < 1.29 is 14.8 Å². The van der Waals surface area contributed by atoms with Crippen molar-refractivity contribution in [2.24, 2.45) is 50.6 Å². The van der Waals surface area contributed by atoms with Crippen LogP contribution in [0.3, 0.4) is 0 Å². The molecule has 4 N–H and O–H groups in total. The average molecular weight is 514 g/mol. The average Bonchev–Trinajstić information content (AvgIpc) is 2.79. The molecule has 0 saturated heterocycles. The minimum atomic E-state index is -0.463. The molecule has 4 fully saturated rings. The summed E-state index contributed by atoms with van der Waals surface area (Å²) in [5.41, 5.74) is 7.61. The van der Waals surface area contributed by atoms with E-state index in [1.807, 2.05) is 0 Å². The molecular formula is C31H51N3O3. The van der Waals surface area contributed by atoms with Gasteiger partial charge in [-0.3, -0.25) is 10.0 Å². The van der Waals surface area contributed by atoms with Gasteiger partial charge in [0.2, 0.25) is 0 Å². The Balaban J connectivity index is 1.56. The zero-order valence-electron chi connectivity index (χ0n) is 24.5. The second kappa shape index (κ2) is 8.06. The molecule has 0 heterocycles.